The number of hydrogen-bond acceptors (Lipinski definition) is 5. The van der Waals surface area contributed by atoms with Gasteiger partial charge < -0.3 is 9.30 Å². The fourth-order valence-electron chi connectivity index (χ4n) is 5.01. The summed E-state index contributed by atoms with van der Waals surface area (Å²) in [4.78, 5) is 16.7. The minimum absolute atomic E-state index is 0.260. The van der Waals surface area contributed by atoms with Crippen LogP contribution in [0.3, 0.4) is 0 Å². The molecule has 0 unspecified atom stereocenters. The molecule has 2 heterocycles. The quantitative estimate of drug-likeness (QED) is 0.185. The molecule has 0 bridgehead atoms. The molecule has 1 aliphatic heterocycles. The Bertz CT molecular complexity index is 1920. The second-order valence-electron chi connectivity index (χ2n) is 10.3. The number of hydrogen-bond donors (Lipinski definition) is 1. The van der Waals surface area contributed by atoms with Gasteiger partial charge in [0, 0.05) is 28.9 Å². The van der Waals surface area contributed by atoms with E-state index in [1.807, 2.05) is 33.7 Å². The molecular formula is C33H28Cl2N4O4S. The van der Waals surface area contributed by atoms with Crippen LogP contribution in [0.15, 0.2) is 97.2 Å². The van der Waals surface area contributed by atoms with Crippen molar-refractivity contribution in [1.82, 2.24) is 14.3 Å². The van der Waals surface area contributed by atoms with E-state index in [9.17, 15) is 13.2 Å². The summed E-state index contributed by atoms with van der Waals surface area (Å²) in [5.41, 5.74) is 5.81. The topological polar surface area (TPSA) is 93.5 Å². The molecular weight excluding hydrogens is 619 g/mol. The number of carbonyl (C=O) groups excluding carboxylic acids is 1. The molecule has 0 atom stereocenters. The van der Waals surface area contributed by atoms with E-state index in [0.29, 0.717) is 34.5 Å². The van der Waals surface area contributed by atoms with Crippen LogP contribution in [-0.4, -0.2) is 37.0 Å². The van der Waals surface area contributed by atoms with Crippen molar-refractivity contribution in [2.75, 3.05) is 17.5 Å². The number of nitrogens with zero attached hydrogens (tertiary/aromatic N) is 3. The molecule has 0 saturated carbocycles. The Morgan fingerprint density at radius 3 is 2.16 bits per heavy atom. The van der Waals surface area contributed by atoms with Crippen molar-refractivity contribution in [1.29, 1.82) is 0 Å². The predicted molar refractivity (Wildman–Crippen MR) is 174 cm³/mol. The van der Waals surface area contributed by atoms with Crippen LogP contribution in [0.1, 0.15) is 24.7 Å². The summed E-state index contributed by atoms with van der Waals surface area (Å²) < 4.78 is 35.3. The lowest BCUT2D eigenvalue weighted by Crippen LogP contribution is -2.29. The number of anilines is 1. The van der Waals surface area contributed by atoms with Gasteiger partial charge in [0.15, 0.2) is 0 Å². The van der Waals surface area contributed by atoms with Gasteiger partial charge in [-0.05, 0) is 77.7 Å². The van der Waals surface area contributed by atoms with Gasteiger partial charge in [0.05, 0.1) is 23.0 Å². The number of ether oxygens (including phenoxy) is 1. The Hall–Kier alpha value is -4.31. The van der Waals surface area contributed by atoms with Crippen molar-refractivity contribution >= 4 is 45.0 Å². The van der Waals surface area contributed by atoms with E-state index < -0.39 is 16.1 Å². The van der Waals surface area contributed by atoms with Crippen LogP contribution in [-0.2, 0) is 21.4 Å². The summed E-state index contributed by atoms with van der Waals surface area (Å²) in [5.74, 6) is 1.05. The smallest absolute Gasteiger partial charge is 0.326 e. The highest BCUT2D eigenvalue weighted by Crippen LogP contribution is 2.32. The average Bonchev–Trinajstić information content (AvgIpc) is 3.55. The number of halogens is 2. The number of amides is 1. The normalized spacial score (nSPS) is 14.1. The highest BCUT2D eigenvalue weighted by atomic mass is 35.5. The molecule has 1 amide bonds. The molecule has 1 fully saturated rings. The van der Waals surface area contributed by atoms with Gasteiger partial charge in [-0.25, -0.2) is 14.0 Å². The van der Waals surface area contributed by atoms with Gasteiger partial charge >= 0.3 is 10.2 Å². The third-order valence-corrected chi connectivity index (χ3v) is 9.15. The molecule has 224 valence electrons. The first kappa shape index (κ1) is 29.7. The molecule has 44 heavy (non-hydrogen) atoms. The minimum Gasteiger partial charge on any atom is -0.494 e. The predicted octanol–water partition coefficient (Wildman–Crippen LogP) is 7.07. The van der Waals surface area contributed by atoms with E-state index in [4.69, 9.17) is 32.9 Å². The van der Waals surface area contributed by atoms with Gasteiger partial charge in [0.1, 0.15) is 18.1 Å². The fraction of sp³-hybridized carbons (Fsp3) is 0.152. The molecule has 6 rings (SSSR count). The van der Waals surface area contributed by atoms with Crippen LogP contribution in [0.2, 0.25) is 10.0 Å². The zero-order chi connectivity index (χ0) is 30.8. The number of carbonyl (C=O) groups is 1. The summed E-state index contributed by atoms with van der Waals surface area (Å²) in [6.07, 6.45) is 3.38. The Balaban J connectivity index is 1.30. The third-order valence-electron chi connectivity index (χ3n) is 7.20. The van der Waals surface area contributed by atoms with Crippen molar-refractivity contribution in [3.63, 3.8) is 0 Å². The standard InChI is InChI=1S/C33H28Cl2N4O4S/c1-2-17-43-28-14-7-24(8-15-28)23-5-3-22(4-6-23)18-32-36-31(29-16-9-25(34)19-30(29)35)20-38(32)26-10-12-27(13-11-26)39-21-33(40)37-44(39,41)42/h3-16,19-20H,2,17-18,21H2,1H3,(H,37,40). The lowest BCUT2D eigenvalue weighted by molar-refractivity contribution is -0.117. The Labute approximate surface area is 266 Å². The molecule has 4 aromatic carbocycles. The van der Waals surface area contributed by atoms with E-state index in [1.54, 1.807) is 36.4 Å². The van der Waals surface area contributed by atoms with Crippen LogP contribution in [0, 0.1) is 0 Å². The molecule has 0 spiro atoms. The lowest BCUT2D eigenvalue weighted by Gasteiger charge is -2.15. The van der Waals surface area contributed by atoms with Crippen molar-refractivity contribution in [3.8, 4) is 33.8 Å². The average molecular weight is 648 g/mol. The molecule has 1 saturated heterocycles. The zero-order valence-electron chi connectivity index (χ0n) is 23.7. The Kier molecular flexibility index (Phi) is 8.35. The first-order chi connectivity index (χ1) is 21.2. The maximum atomic E-state index is 12.3. The monoisotopic (exact) mass is 646 g/mol. The van der Waals surface area contributed by atoms with Gasteiger partial charge in [0.2, 0.25) is 0 Å². The molecule has 0 aliphatic carbocycles. The van der Waals surface area contributed by atoms with Crippen molar-refractivity contribution in [2.45, 2.75) is 19.8 Å². The largest absolute Gasteiger partial charge is 0.494 e. The van der Waals surface area contributed by atoms with Crippen molar-refractivity contribution < 1.29 is 17.9 Å². The van der Waals surface area contributed by atoms with Gasteiger partial charge in [-0.2, -0.15) is 8.42 Å². The second-order valence-corrected chi connectivity index (χ2v) is 12.8. The summed E-state index contributed by atoms with van der Waals surface area (Å²) >= 11 is 12.7. The maximum absolute atomic E-state index is 12.3. The van der Waals surface area contributed by atoms with Crippen LogP contribution in [0.4, 0.5) is 5.69 Å². The van der Waals surface area contributed by atoms with Crippen LogP contribution in [0.5, 0.6) is 5.75 Å². The maximum Gasteiger partial charge on any atom is 0.326 e. The highest BCUT2D eigenvalue weighted by Gasteiger charge is 2.33. The molecule has 8 nitrogen and oxygen atoms in total. The van der Waals surface area contributed by atoms with E-state index in [1.165, 1.54) is 0 Å². The molecule has 1 aliphatic rings. The van der Waals surface area contributed by atoms with Crippen LogP contribution in [0.25, 0.3) is 28.1 Å². The molecule has 1 aromatic heterocycles. The van der Waals surface area contributed by atoms with Crippen molar-refractivity contribution in [3.05, 3.63) is 119 Å². The third kappa shape index (κ3) is 6.31. The van der Waals surface area contributed by atoms with Gasteiger partial charge in [-0.1, -0.05) is 66.5 Å². The summed E-state index contributed by atoms with van der Waals surface area (Å²) in [7, 11) is -3.90. The van der Waals surface area contributed by atoms with E-state index in [-0.39, 0.29) is 6.54 Å². The van der Waals surface area contributed by atoms with E-state index in [2.05, 4.69) is 43.3 Å². The molecule has 1 N–H and O–H groups in total. The molecule has 0 radical (unpaired) electrons. The zero-order valence-corrected chi connectivity index (χ0v) is 26.0. The fourth-order valence-corrected chi connectivity index (χ4v) is 6.67. The Morgan fingerprint density at radius 1 is 0.886 bits per heavy atom. The molecule has 5 aromatic rings. The number of nitrogens with one attached hydrogen (secondary N) is 1. The SMILES string of the molecule is CCCOc1ccc(-c2ccc(Cc3nc(-c4ccc(Cl)cc4Cl)cn3-c3ccc(N4CC(=O)NS4(=O)=O)cc3)cc2)cc1. The lowest BCUT2D eigenvalue weighted by atomic mass is 10.0. The van der Waals surface area contributed by atoms with Gasteiger partial charge in [-0.15, -0.1) is 0 Å². The van der Waals surface area contributed by atoms with Gasteiger partial charge in [0.25, 0.3) is 5.91 Å². The first-order valence-electron chi connectivity index (χ1n) is 14.0. The van der Waals surface area contributed by atoms with Crippen molar-refractivity contribution in [2.24, 2.45) is 0 Å². The van der Waals surface area contributed by atoms with E-state index in [0.717, 1.165) is 50.2 Å². The number of benzene rings is 4. The number of rotatable bonds is 9. The minimum atomic E-state index is -3.90. The second kappa shape index (κ2) is 12.4. The number of aromatic nitrogens is 2. The molecule has 11 heteroatoms. The Morgan fingerprint density at radius 2 is 1.55 bits per heavy atom. The summed E-state index contributed by atoms with van der Waals surface area (Å²) in [6, 6.07) is 28.6. The first-order valence-corrected chi connectivity index (χ1v) is 16.2. The van der Waals surface area contributed by atoms with Gasteiger partial charge in [-0.3, -0.25) is 4.79 Å². The summed E-state index contributed by atoms with van der Waals surface area (Å²) in [6.45, 7) is 2.51. The number of imidazole rings is 1. The van der Waals surface area contributed by atoms with E-state index >= 15 is 0 Å². The summed E-state index contributed by atoms with van der Waals surface area (Å²) in [5, 5.41) is 1.01. The highest BCUT2D eigenvalue weighted by molar-refractivity contribution is 7.92. The van der Waals surface area contributed by atoms with Crippen LogP contribution >= 0.6 is 23.2 Å². The van der Waals surface area contributed by atoms with Crippen LogP contribution < -0.4 is 13.8 Å².